The van der Waals surface area contributed by atoms with E-state index in [2.05, 4.69) is 22.0 Å². The van der Waals surface area contributed by atoms with E-state index in [4.69, 9.17) is 0 Å². The van der Waals surface area contributed by atoms with Gasteiger partial charge in [-0.25, -0.2) is 5.10 Å². The van der Waals surface area contributed by atoms with Gasteiger partial charge < -0.3 is 9.80 Å². The summed E-state index contributed by atoms with van der Waals surface area (Å²) in [7, 11) is 0. The van der Waals surface area contributed by atoms with Crippen molar-refractivity contribution >= 4 is 22.6 Å². The van der Waals surface area contributed by atoms with Crippen LogP contribution in [0.4, 0.5) is 0 Å². The maximum absolute atomic E-state index is 13.0. The van der Waals surface area contributed by atoms with Crippen molar-refractivity contribution in [1.29, 1.82) is 0 Å². The van der Waals surface area contributed by atoms with E-state index < -0.39 is 0 Å². The summed E-state index contributed by atoms with van der Waals surface area (Å²) in [5.74, 6) is -0.00153. The van der Waals surface area contributed by atoms with E-state index in [1.807, 2.05) is 4.90 Å². The number of benzene rings is 1. The van der Waals surface area contributed by atoms with E-state index in [-0.39, 0.29) is 23.1 Å². The number of piperazine rings is 1. The zero-order chi connectivity index (χ0) is 20.4. The first-order chi connectivity index (χ1) is 14.0. The average molecular weight is 397 g/mol. The number of nitrogens with one attached hydrogen (secondary N) is 1. The normalized spacial score (nSPS) is 20.8. The fraction of sp³-hybridized carbons (Fsp3) is 0.524. The van der Waals surface area contributed by atoms with Crippen molar-refractivity contribution < 1.29 is 9.59 Å². The van der Waals surface area contributed by atoms with Gasteiger partial charge >= 0.3 is 0 Å². The van der Waals surface area contributed by atoms with Gasteiger partial charge in [-0.2, -0.15) is 5.10 Å². The van der Waals surface area contributed by atoms with Gasteiger partial charge in [0, 0.05) is 44.2 Å². The monoisotopic (exact) mass is 397 g/mol. The number of rotatable bonds is 3. The second-order valence-corrected chi connectivity index (χ2v) is 7.95. The van der Waals surface area contributed by atoms with Crippen LogP contribution in [0.15, 0.2) is 29.1 Å². The number of piperidine rings is 1. The Morgan fingerprint density at radius 1 is 1.07 bits per heavy atom. The van der Waals surface area contributed by atoms with Gasteiger partial charge in [-0.1, -0.05) is 18.2 Å². The topological polar surface area (TPSA) is 89.6 Å². The number of aromatic nitrogens is 2. The molecule has 2 saturated heterocycles. The van der Waals surface area contributed by atoms with E-state index in [0.717, 1.165) is 19.4 Å². The third kappa shape index (κ3) is 4.03. The summed E-state index contributed by atoms with van der Waals surface area (Å²) >= 11 is 0. The molecule has 3 heterocycles. The molecule has 154 valence electrons. The van der Waals surface area contributed by atoms with Gasteiger partial charge in [0.15, 0.2) is 5.69 Å². The molecular formula is C21H27N5O3. The number of carbonyl (C=O) groups excluding carboxylic acids is 2. The van der Waals surface area contributed by atoms with Crippen LogP contribution in [-0.4, -0.2) is 82.0 Å². The lowest BCUT2D eigenvalue weighted by Gasteiger charge is -2.38. The molecule has 2 fully saturated rings. The van der Waals surface area contributed by atoms with Crippen LogP contribution in [0, 0.1) is 0 Å². The molecule has 0 radical (unpaired) electrons. The minimum absolute atomic E-state index is 0.185. The first-order valence-corrected chi connectivity index (χ1v) is 10.3. The first kappa shape index (κ1) is 19.6. The Morgan fingerprint density at radius 2 is 1.79 bits per heavy atom. The van der Waals surface area contributed by atoms with Crippen molar-refractivity contribution in [2.45, 2.75) is 32.2 Å². The maximum Gasteiger partial charge on any atom is 0.275 e. The lowest BCUT2D eigenvalue weighted by Crippen LogP contribution is -2.53. The van der Waals surface area contributed by atoms with Gasteiger partial charge in [0.25, 0.3) is 11.5 Å². The summed E-state index contributed by atoms with van der Waals surface area (Å²) < 4.78 is 0. The number of fused-ring (bicyclic) bond motifs is 1. The summed E-state index contributed by atoms with van der Waals surface area (Å²) in [6.07, 6.45) is 3.35. The van der Waals surface area contributed by atoms with Crippen LogP contribution in [-0.2, 0) is 4.79 Å². The molecule has 0 spiro atoms. The molecule has 1 aromatic carbocycles. The number of likely N-dealkylation sites (tertiary alicyclic amines) is 1. The molecule has 8 nitrogen and oxygen atoms in total. The summed E-state index contributed by atoms with van der Waals surface area (Å²) in [6, 6.07) is 7.33. The van der Waals surface area contributed by atoms with E-state index in [1.54, 1.807) is 29.2 Å². The number of aromatic amines is 1. The molecule has 1 N–H and O–H groups in total. The van der Waals surface area contributed by atoms with Crippen molar-refractivity contribution in [2.75, 3.05) is 39.3 Å². The van der Waals surface area contributed by atoms with E-state index >= 15 is 0 Å². The highest BCUT2D eigenvalue weighted by atomic mass is 16.2. The van der Waals surface area contributed by atoms with Gasteiger partial charge in [0.05, 0.1) is 11.9 Å². The SMILES string of the molecule is CC1CCCCN1C(=O)CN1CCN(C(=O)c2n[nH]c(=O)c3ccccc23)CC1. The standard InChI is InChI=1S/C21H27N5O3/c1-15-6-4-5-9-26(15)18(27)14-24-10-12-25(13-11-24)21(29)19-16-7-2-3-8-17(16)20(28)23-22-19/h2-3,7-8,15H,4-6,9-14H2,1H3,(H,23,28). The minimum Gasteiger partial charge on any atom is -0.339 e. The zero-order valence-corrected chi connectivity index (χ0v) is 16.8. The van der Waals surface area contributed by atoms with E-state index in [0.29, 0.717) is 49.5 Å². The van der Waals surface area contributed by atoms with Gasteiger partial charge in [-0.05, 0) is 32.3 Å². The fourth-order valence-electron chi connectivity index (χ4n) is 4.29. The summed E-state index contributed by atoms with van der Waals surface area (Å²) in [5.41, 5.74) is -0.0284. The summed E-state index contributed by atoms with van der Waals surface area (Å²) in [6.45, 7) is 5.76. The molecule has 2 amide bonds. The minimum atomic E-state index is -0.299. The third-order valence-corrected chi connectivity index (χ3v) is 6.04. The Kier molecular flexibility index (Phi) is 5.62. The highest BCUT2D eigenvalue weighted by molar-refractivity contribution is 6.04. The Balaban J connectivity index is 1.39. The lowest BCUT2D eigenvalue weighted by molar-refractivity contribution is -0.136. The van der Waals surface area contributed by atoms with Gasteiger partial charge in [0.2, 0.25) is 5.91 Å². The van der Waals surface area contributed by atoms with E-state index in [1.165, 1.54) is 6.42 Å². The predicted octanol–water partition coefficient (Wildman–Crippen LogP) is 1.08. The first-order valence-electron chi connectivity index (χ1n) is 10.3. The van der Waals surface area contributed by atoms with E-state index in [9.17, 15) is 14.4 Å². The highest BCUT2D eigenvalue weighted by Gasteiger charge is 2.28. The second kappa shape index (κ2) is 8.32. The molecule has 4 rings (SSSR count). The Hall–Kier alpha value is -2.74. The van der Waals surface area contributed by atoms with Crippen LogP contribution in [0.1, 0.15) is 36.7 Å². The number of carbonyl (C=O) groups is 2. The number of hydrogen-bond donors (Lipinski definition) is 1. The highest BCUT2D eigenvalue weighted by Crippen LogP contribution is 2.18. The molecule has 0 aliphatic carbocycles. The van der Waals surface area contributed by atoms with Crippen molar-refractivity contribution in [3.05, 3.63) is 40.3 Å². The van der Waals surface area contributed by atoms with Crippen molar-refractivity contribution in [1.82, 2.24) is 24.9 Å². The molecule has 2 aliphatic rings. The van der Waals surface area contributed by atoms with Crippen molar-refractivity contribution in [3.63, 3.8) is 0 Å². The molecular weight excluding hydrogens is 370 g/mol. The number of hydrogen-bond acceptors (Lipinski definition) is 5. The Morgan fingerprint density at radius 3 is 2.52 bits per heavy atom. The van der Waals surface area contributed by atoms with Crippen molar-refractivity contribution in [3.8, 4) is 0 Å². The van der Waals surface area contributed by atoms with Crippen LogP contribution in [0.25, 0.3) is 10.8 Å². The maximum atomic E-state index is 13.0. The zero-order valence-electron chi connectivity index (χ0n) is 16.8. The number of H-pyrrole nitrogens is 1. The number of nitrogens with zero attached hydrogens (tertiary/aromatic N) is 4. The molecule has 1 aromatic heterocycles. The molecule has 1 unspecified atom stereocenters. The predicted molar refractivity (Wildman–Crippen MR) is 110 cm³/mol. The molecule has 8 heteroatoms. The average Bonchev–Trinajstić information content (AvgIpc) is 2.74. The summed E-state index contributed by atoms with van der Waals surface area (Å²) in [4.78, 5) is 43.4. The van der Waals surface area contributed by atoms with Gasteiger partial charge in [0.1, 0.15) is 0 Å². The van der Waals surface area contributed by atoms with Crippen LogP contribution in [0.2, 0.25) is 0 Å². The second-order valence-electron chi connectivity index (χ2n) is 7.95. The third-order valence-electron chi connectivity index (χ3n) is 6.04. The van der Waals surface area contributed by atoms with Crippen LogP contribution >= 0.6 is 0 Å². The molecule has 29 heavy (non-hydrogen) atoms. The molecule has 2 aromatic rings. The van der Waals surface area contributed by atoms with Gasteiger partial charge in [-0.15, -0.1) is 0 Å². The molecule has 0 saturated carbocycles. The van der Waals surface area contributed by atoms with Gasteiger partial charge in [-0.3, -0.25) is 19.3 Å². The Bertz CT molecular complexity index is 964. The number of amides is 2. The Labute approximate surface area is 169 Å². The van der Waals surface area contributed by atoms with Crippen LogP contribution < -0.4 is 5.56 Å². The van der Waals surface area contributed by atoms with Crippen LogP contribution in [0.5, 0.6) is 0 Å². The summed E-state index contributed by atoms with van der Waals surface area (Å²) in [5, 5.41) is 7.47. The largest absolute Gasteiger partial charge is 0.339 e. The van der Waals surface area contributed by atoms with Crippen molar-refractivity contribution in [2.24, 2.45) is 0 Å². The lowest BCUT2D eigenvalue weighted by atomic mass is 10.0. The molecule has 2 aliphatic heterocycles. The quantitative estimate of drug-likeness (QED) is 0.837. The van der Waals surface area contributed by atoms with Crippen LogP contribution in [0.3, 0.4) is 0 Å². The smallest absolute Gasteiger partial charge is 0.275 e. The fourth-order valence-corrected chi connectivity index (χ4v) is 4.29. The molecule has 0 bridgehead atoms. The molecule has 1 atom stereocenters.